The molecule has 0 saturated heterocycles. The van der Waals surface area contributed by atoms with E-state index in [0.717, 1.165) is 35.1 Å². The van der Waals surface area contributed by atoms with Crippen LogP contribution >= 0.6 is 0 Å². The van der Waals surface area contributed by atoms with Crippen LogP contribution in [0.25, 0.3) is 0 Å². The van der Waals surface area contributed by atoms with Crippen molar-refractivity contribution < 1.29 is 19.1 Å². The highest BCUT2D eigenvalue weighted by Gasteiger charge is 2.44. The monoisotopic (exact) mass is 521 g/mol. The Balaban J connectivity index is 1.98. The summed E-state index contributed by atoms with van der Waals surface area (Å²) >= 11 is 0. The number of alkyl carbamates (subject to hydrolysis) is 1. The lowest BCUT2D eigenvalue weighted by atomic mass is 9.92. The summed E-state index contributed by atoms with van der Waals surface area (Å²) in [4.78, 5) is 42.6. The van der Waals surface area contributed by atoms with Crippen molar-refractivity contribution in [2.45, 2.75) is 98.0 Å². The Hall–Kier alpha value is -3.35. The number of amides is 3. The molecule has 2 unspecified atom stereocenters. The first-order valence-electron chi connectivity index (χ1n) is 13.6. The van der Waals surface area contributed by atoms with Gasteiger partial charge >= 0.3 is 6.09 Å². The van der Waals surface area contributed by atoms with Gasteiger partial charge < -0.3 is 20.3 Å². The van der Waals surface area contributed by atoms with Gasteiger partial charge in [0, 0.05) is 12.6 Å². The molecule has 0 aliphatic heterocycles. The summed E-state index contributed by atoms with van der Waals surface area (Å²) in [5.41, 5.74) is 3.02. The van der Waals surface area contributed by atoms with Gasteiger partial charge in [-0.3, -0.25) is 9.59 Å². The third kappa shape index (κ3) is 8.07. The largest absolute Gasteiger partial charge is 0.444 e. The minimum atomic E-state index is -0.810. The van der Waals surface area contributed by atoms with Crippen LogP contribution in [0.15, 0.2) is 48.5 Å². The Morgan fingerprint density at radius 2 is 1.58 bits per heavy atom. The minimum Gasteiger partial charge on any atom is -0.444 e. The second-order valence-electron chi connectivity index (χ2n) is 11.7. The highest BCUT2D eigenvalue weighted by atomic mass is 16.6. The number of nitrogens with one attached hydrogen (secondary N) is 2. The third-order valence-electron chi connectivity index (χ3n) is 6.54. The summed E-state index contributed by atoms with van der Waals surface area (Å²) in [5.74, 6) is -0.341. The smallest absolute Gasteiger partial charge is 0.408 e. The molecule has 1 aliphatic carbocycles. The van der Waals surface area contributed by atoms with E-state index in [9.17, 15) is 14.4 Å². The van der Waals surface area contributed by atoms with Gasteiger partial charge in [-0.05, 0) is 82.1 Å². The molecule has 2 N–H and O–H groups in total. The Labute approximate surface area is 227 Å². The first-order chi connectivity index (χ1) is 17.9. The van der Waals surface area contributed by atoms with Gasteiger partial charge in [0.2, 0.25) is 11.8 Å². The second-order valence-corrected chi connectivity index (χ2v) is 11.7. The Bertz CT molecular complexity index is 1100. The number of aryl methyl sites for hydroxylation is 2. The van der Waals surface area contributed by atoms with Crippen molar-refractivity contribution in [3.05, 3.63) is 70.8 Å². The molecule has 206 valence electrons. The second kappa shape index (κ2) is 12.5. The van der Waals surface area contributed by atoms with Crippen LogP contribution in [-0.4, -0.2) is 40.5 Å². The van der Waals surface area contributed by atoms with Crippen molar-refractivity contribution in [3.63, 3.8) is 0 Å². The first kappa shape index (κ1) is 29.2. The van der Waals surface area contributed by atoms with E-state index in [2.05, 4.69) is 10.6 Å². The molecule has 1 saturated carbocycles. The highest BCUT2D eigenvalue weighted by molar-refractivity contribution is 5.93. The molecule has 0 heterocycles. The fourth-order valence-corrected chi connectivity index (χ4v) is 4.73. The number of hydrogen-bond donors (Lipinski definition) is 2. The van der Waals surface area contributed by atoms with E-state index in [4.69, 9.17) is 4.74 Å². The van der Waals surface area contributed by atoms with Gasteiger partial charge in [0.15, 0.2) is 0 Å². The van der Waals surface area contributed by atoms with Crippen molar-refractivity contribution in [1.29, 1.82) is 0 Å². The van der Waals surface area contributed by atoms with Crippen molar-refractivity contribution in [2.24, 2.45) is 5.92 Å². The Morgan fingerprint density at radius 1 is 0.974 bits per heavy atom. The van der Waals surface area contributed by atoms with Gasteiger partial charge in [0.25, 0.3) is 0 Å². The molecule has 0 aromatic heterocycles. The van der Waals surface area contributed by atoms with E-state index in [-0.39, 0.29) is 23.8 Å². The summed E-state index contributed by atoms with van der Waals surface area (Å²) in [7, 11) is 0. The molecule has 2 atom stereocenters. The molecule has 0 spiro atoms. The average Bonchev–Trinajstić information content (AvgIpc) is 3.65. The summed E-state index contributed by atoms with van der Waals surface area (Å²) in [6.45, 7) is 13.7. The molecule has 1 aliphatic rings. The SMILES string of the molecule is Cc1cccc(C)c1C(C(=O)NCc1ccccc1)N(C(=O)C(CC(C)C)NC(=O)OC(C)(C)C)C1CC1. The van der Waals surface area contributed by atoms with Crippen LogP contribution in [0, 0.1) is 19.8 Å². The van der Waals surface area contributed by atoms with Crippen molar-refractivity contribution in [1.82, 2.24) is 15.5 Å². The van der Waals surface area contributed by atoms with Crippen LogP contribution in [0.3, 0.4) is 0 Å². The maximum Gasteiger partial charge on any atom is 0.408 e. The number of ether oxygens (including phenoxy) is 1. The van der Waals surface area contributed by atoms with E-state index in [1.807, 2.05) is 76.2 Å². The minimum absolute atomic E-state index is 0.0657. The maximum atomic E-state index is 14.3. The van der Waals surface area contributed by atoms with Crippen molar-refractivity contribution >= 4 is 17.9 Å². The molecule has 2 aromatic rings. The van der Waals surface area contributed by atoms with Gasteiger partial charge in [-0.1, -0.05) is 62.4 Å². The van der Waals surface area contributed by atoms with Crippen molar-refractivity contribution in [3.8, 4) is 0 Å². The molecule has 7 nitrogen and oxygen atoms in total. The molecule has 2 aromatic carbocycles. The first-order valence-corrected chi connectivity index (χ1v) is 13.6. The standard InChI is InChI=1S/C31H43N3O4/c1-20(2)18-25(33-30(37)38-31(5,6)7)29(36)34(24-16-17-24)27(26-21(3)12-11-13-22(26)4)28(35)32-19-23-14-9-8-10-15-23/h8-15,20,24-25,27H,16-19H2,1-7H3,(H,32,35)(H,33,37). The molecule has 7 heteroatoms. The fraction of sp³-hybridized carbons (Fsp3) is 0.516. The highest BCUT2D eigenvalue weighted by Crippen LogP contribution is 2.38. The molecular formula is C31H43N3O4. The third-order valence-corrected chi connectivity index (χ3v) is 6.54. The Morgan fingerprint density at radius 3 is 2.11 bits per heavy atom. The topological polar surface area (TPSA) is 87.7 Å². The number of nitrogens with zero attached hydrogens (tertiary/aromatic N) is 1. The van der Waals surface area contributed by atoms with Crippen LogP contribution in [-0.2, 0) is 20.9 Å². The number of benzene rings is 2. The predicted octanol–water partition coefficient (Wildman–Crippen LogP) is 5.59. The van der Waals surface area contributed by atoms with E-state index in [1.165, 1.54) is 0 Å². The average molecular weight is 522 g/mol. The van der Waals surface area contributed by atoms with E-state index >= 15 is 0 Å². The molecule has 38 heavy (non-hydrogen) atoms. The van der Waals surface area contributed by atoms with Gasteiger partial charge in [0.1, 0.15) is 17.7 Å². The van der Waals surface area contributed by atoms with Crippen LogP contribution in [0.5, 0.6) is 0 Å². The molecule has 3 rings (SSSR count). The van der Waals surface area contributed by atoms with Crippen LogP contribution < -0.4 is 10.6 Å². The summed E-state index contributed by atoms with van der Waals surface area (Å²) in [5, 5.41) is 5.89. The number of carbonyl (C=O) groups is 3. The molecular weight excluding hydrogens is 478 g/mol. The lowest BCUT2D eigenvalue weighted by Gasteiger charge is -2.36. The van der Waals surface area contributed by atoms with Crippen LogP contribution in [0.2, 0.25) is 0 Å². The number of rotatable bonds is 10. The van der Waals surface area contributed by atoms with E-state index < -0.39 is 23.8 Å². The van der Waals surface area contributed by atoms with E-state index in [1.54, 1.807) is 25.7 Å². The van der Waals surface area contributed by atoms with Crippen LogP contribution in [0.4, 0.5) is 4.79 Å². The lowest BCUT2D eigenvalue weighted by molar-refractivity contribution is -0.143. The fourth-order valence-electron chi connectivity index (χ4n) is 4.73. The van der Waals surface area contributed by atoms with Crippen molar-refractivity contribution in [2.75, 3.05) is 0 Å². The zero-order valence-electron chi connectivity index (χ0n) is 23.8. The summed E-state index contributed by atoms with van der Waals surface area (Å²) in [6, 6.07) is 13.9. The van der Waals surface area contributed by atoms with Gasteiger partial charge in [-0.2, -0.15) is 0 Å². The number of carbonyl (C=O) groups excluding carboxylic acids is 3. The quantitative estimate of drug-likeness (QED) is 0.427. The molecule has 3 amide bonds. The zero-order valence-corrected chi connectivity index (χ0v) is 23.8. The van der Waals surface area contributed by atoms with Gasteiger partial charge in [0.05, 0.1) is 0 Å². The zero-order chi connectivity index (χ0) is 28.0. The molecule has 0 bridgehead atoms. The molecule has 1 fully saturated rings. The van der Waals surface area contributed by atoms with Gasteiger partial charge in [-0.25, -0.2) is 4.79 Å². The molecule has 0 radical (unpaired) electrons. The summed E-state index contributed by atoms with van der Waals surface area (Å²) < 4.78 is 5.47. The normalized spacial score (nSPS) is 14.9. The summed E-state index contributed by atoms with van der Waals surface area (Å²) in [6.07, 6.45) is 1.44. The van der Waals surface area contributed by atoms with Crippen LogP contribution in [0.1, 0.15) is 82.2 Å². The lowest BCUT2D eigenvalue weighted by Crippen LogP contribution is -2.54. The Kier molecular flexibility index (Phi) is 9.58. The van der Waals surface area contributed by atoms with Gasteiger partial charge in [-0.15, -0.1) is 0 Å². The maximum absolute atomic E-state index is 14.3. The predicted molar refractivity (Wildman–Crippen MR) is 149 cm³/mol. The number of hydrogen-bond acceptors (Lipinski definition) is 4. The van der Waals surface area contributed by atoms with E-state index in [0.29, 0.717) is 13.0 Å².